The number of rotatable bonds is 1. The van der Waals surface area contributed by atoms with Crippen molar-refractivity contribution in [3.63, 3.8) is 0 Å². The highest BCUT2D eigenvalue weighted by Gasteiger charge is 2.42. The molecule has 0 aromatic heterocycles. The summed E-state index contributed by atoms with van der Waals surface area (Å²) in [5.41, 5.74) is 0. The summed E-state index contributed by atoms with van der Waals surface area (Å²) in [4.78, 5) is 19.6. The summed E-state index contributed by atoms with van der Waals surface area (Å²) in [7, 11) is 1.18. The molecule has 1 atom stereocenters. The summed E-state index contributed by atoms with van der Waals surface area (Å²) in [6, 6.07) is -0.838. The molecule has 1 rings (SSSR count). The minimum atomic E-state index is -5.08. The molecule has 0 aromatic carbocycles. The highest BCUT2D eigenvalue weighted by atomic mass is 19.4. The number of carbonyl (C=O) groups excluding carboxylic acids is 1. The molecule has 0 bridgehead atoms. The van der Waals surface area contributed by atoms with E-state index in [1.165, 1.54) is 7.11 Å². The Hall–Kier alpha value is -1.45. The second kappa shape index (κ2) is 5.94. The van der Waals surface area contributed by atoms with E-state index in [4.69, 9.17) is 9.90 Å². The van der Waals surface area contributed by atoms with Gasteiger partial charge in [-0.2, -0.15) is 13.2 Å². The first-order valence-corrected chi connectivity index (χ1v) is 4.49. The van der Waals surface area contributed by atoms with E-state index in [0.717, 1.165) is 0 Å². The maximum atomic E-state index is 12.4. The van der Waals surface area contributed by atoms with Gasteiger partial charge in [0.25, 0.3) is 5.92 Å². The third-order valence-electron chi connectivity index (χ3n) is 1.84. The minimum Gasteiger partial charge on any atom is -0.475 e. The van der Waals surface area contributed by atoms with Crippen molar-refractivity contribution in [2.45, 2.75) is 24.6 Å². The number of esters is 1. The van der Waals surface area contributed by atoms with Crippen LogP contribution < -0.4 is 5.32 Å². The first-order valence-electron chi connectivity index (χ1n) is 4.49. The summed E-state index contributed by atoms with van der Waals surface area (Å²) in [6.07, 6.45) is -5.54. The van der Waals surface area contributed by atoms with Gasteiger partial charge in [-0.1, -0.05) is 0 Å². The fourth-order valence-electron chi connectivity index (χ4n) is 1.02. The van der Waals surface area contributed by atoms with E-state index in [-0.39, 0.29) is 0 Å². The van der Waals surface area contributed by atoms with Gasteiger partial charge in [-0.15, -0.1) is 0 Å². The van der Waals surface area contributed by atoms with Crippen LogP contribution in [0.5, 0.6) is 0 Å². The zero-order valence-corrected chi connectivity index (χ0v) is 9.05. The van der Waals surface area contributed by atoms with Crippen molar-refractivity contribution in [1.29, 1.82) is 0 Å². The number of hydrogen-bond acceptors (Lipinski definition) is 4. The lowest BCUT2D eigenvalue weighted by Gasteiger charge is -2.06. The Balaban J connectivity index is 0.000000360. The number of alkyl halides is 5. The van der Waals surface area contributed by atoms with Gasteiger partial charge < -0.3 is 9.84 Å². The van der Waals surface area contributed by atoms with Crippen molar-refractivity contribution < 1.29 is 41.4 Å². The third kappa shape index (κ3) is 5.75. The van der Waals surface area contributed by atoms with E-state index in [9.17, 15) is 26.7 Å². The number of ether oxygens (including phenoxy) is 1. The normalized spacial score (nSPS) is 21.8. The van der Waals surface area contributed by atoms with E-state index < -0.39 is 43.0 Å². The summed E-state index contributed by atoms with van der Waals surface area (Å²) >= 11 is 0. The Bertz CT molecular complexity index is 317. The van der Waals surface area contributed by atoms with Crippen molar-refractivity contribution in [1.82, 2.24) is 5.32 Å². The molecule has 0 amide bonds. The van der Waals surface area contributed by atoms with Crippen molar-refractivity contribution in [3.05, 3.63) is 0 Å². The van der Waals surface area contributed by atoms with Crippen LogP contribution in [0.3, 0.4) is 0 Å². The van der Waals surface area contributed by atoms with Crippen molar-refractivity contribution in [3.8, 4) is 0 Å². The molecule has 0 aromatic rings. The first-order chi connectivity index (χ1) is 7.99. The van der Waals surface area contributed by atoms with Crippen molar-refractivity contribution in [2.24, 2.45) is 0 Å². The van der Waals surface area contributed by atoms with Crippen LogP contribution in [0, 0.1) is 0 Å². The zero-order valence-electron chi connectivity index (χ0n) is 9.05. The number of halogens is 5. The van der Waals surface area contributed by atoms with Gasteiger partial charge in [-0.05, 0) is 0 Å². The molecule has 1 aliphatic heterocycles. The lowest BCUT2D eigenvalue weighted by atomic mass is 10.2. The maximum absolute atomic E-state index is 12.4. The summed E-state index contributed by atoms with van der Waals surface area (Å²) in [6.45, 7) is -0.438. The SMILES string of the molecule is COC(=O)C1CC(F)(F)CN1.O=C(O)C(F)(F)F. The Morgan fingerprint density at radius 2 is 1.83 bits per heavy atom. The molecule has 0 aliphatic carbocycles. The third-order valence-corrected chi connectivity index (χ3v) is 1.84. The summed E-state index contributed by atoms with van der Waals surface area (Å²) < 4.78 is 60.9. The standard InChI is InChI=1S/C6H9F2NO2.C2HF3O2/c1-11-5(10)4-2-6(7,8)3-9-4;3-2(4,5)1(6)7/h4,9H,2-3H2,1H3;(H,6,7). The van der Waals surface area contributed by atoms with E-state index in [1.54, 1.807) is 0 Å². The molecule has 0 saturated carbocycles. The van der Waals surface area contributed by atoms with Crippen LogP contribution in [-0.2, 0) is 14.3 Å². The van der Waals surface area contributed by atoms with E-state index in [1.807, 2.05) is 0 Å². The second-order valence-electron chi connectivity index (χ2n) is 3.32. The molecule has 5 nitrogen and oxygen atoms in total. The van der Waals surface area contributed by atoms with Crippen LogP contribution in [0.4, 0.5) is 22.0 Å². The van der Waals surface area contributed by atoms with Gasteiger partial charge in [0, 0.05) is 6.42 Å². The topological polar surface area (TPSA) is 75.6 Å². The number of carbonyl (C=O) groups is 2. The van der Waals surface area contributed by atoms with Gasteiger partial charge in [-0.25, -0.2) is 13.6 Å². The number of carboxylic acids is 1. The smallest absolute Gasteiger partial charge is 0.475 e. The van der Waals surface area contributed by atoms with Crippen molar-refractivity contribution >= 4 is 11.9 Å². The largest absolute Gasteiger partial charge is 0.490 e. The second-order valence-corrected chi connectivity index (χ2v) is 3.32. The first kappa shape index (κ1) is 16.6. The van der Waals surface area contributed by atoms with Crippen LogP contribution in [0.1, 0.15) is 6.42 Å². The summed E-state index contributed by atoms with van der Waals surface area (Å²) in [5.74, 6) is -6.14. The van der Waals surface area contributed by atoms with Crippen molar-refractivity contribution in [2.75, 3.05) is 13.7 Å². The Morgan fingerprint density at radius 1 is 1.39 bits per heavy atom. The molecule has 10 heteroatoms. The molecule has 1 aliphatic rings. The minimum absolute atomic E-state index is 0.438. The molecule has 1 saturated heterocycles. The number of methoxy groups -OCH3 is 1. The average Bonchev–Trinajstić information content (AvgIpc) is 2.57. The molecule has 1 unspecified atom stereocenters. The molecule has 0 radical (unpaired) electrons. The van der Waals surface area contributed by atoms with Gasteiger partial charge >= 0.3 is 18.1 Å². The number of carboxylic acid groups (broad SMARTS) is 1. The fourth-order valence-corrected chi connectivity index (χ4v) is 1.02. The van der Waals surface area contributed by atoms with E-state index in [0.29, 0.717) is 0 Å². The molecular weight excluding hydrogens is 269 g/mol. The Morgan fingerprint density at radius 3 is 2.06 bits per heavy atom. The summed E-state index contributed by atoms with van der Waals surface area (Å²) in [5, 5.41) is 9.50. The Kier molecular flexibility index (Phi) is 5.46. The molecule has 2 N–H and O–H groups in total. The molecule has 18 heavy (non-hydrogen) atoms. The lowest BCUT2D eigenvalue weighted by Crippen LogP contribution is -2.31. The molecule has 0 spiro atoms. The molecular formula is C8H10F5NO4. The molecule has 1 fully saturated rings. The Labute approximate surface area is 97.9 Å². The van der Waals surface area contributed by atoms with E-state index >= 15 is 0 Å². The lowest BCUT2D eigenvalue weighted by molar-refractivity contribution is -0.192. The zero-order chi connectivity index (χ0) is 14.6. The van der Waals surface area contributed by atoms with Gasteiger partial charge in [-0.3, -0.25) is 10.1 Å². The van der Waals surface area contributed by atoms with Gasteiger partial charge in [0.15, 0.2) is 0 Å². The van der Waals surface area contributed by atoms with Crippen LogP contribution in [0.25, 0.3) is 0 Å². The quantitative estimate of drug-likeness (QED) is 0.548. The maximum Gasteiger partial charge on any atom is 0.490 e. The van der Waals surface area contributed by atoms with Gasteiger partial charge in [0.1, 0.15) is 6.04 Å². The predicted molar refractivity (Wildman–Crippen MR) is 47.1 cm³/mol. The van der Waals surface area contributed by atoms with Gasteiger partial charge in [0.2, 0.25) is 0 Å². The number of hydrogen-bond donors (Lipinski definition) is 2. The number of aliphatic carboxylic acids is 1. The predicted octanol–water partition coefficient (Wildman–Crippen LogP) is 0.790. The van der Waals surface area contributed by atoms with Crippen LogP contribution >= 0.6 is 0 Å². The average molecular weight is 279 g/mol. The fraction of sp³-hybridized carbons (Fsp3) is 0.750. The van der Waals surface area contributed by atoms with Gasteiger partial charge in [0.05, 0.1) is 13.7 Å². The van der Waals surface area contributed by atoms with Crippen LogP contribution in [-0.4, -0.2) is 48.8 Å². The van der Waals surface area contributed by atoms with E-state index in [2.05, 4.69) is 10.1 Å². The highest BCUT2D eigenvalue weighted by molar-refractivity contribution is 5.76. The van der Waals surface area contributed by atoms with Crippen LogP contribution in [0.2, 0.25) is 0 Å². The molecule has 1 heterocycles. The molecule has 106 valence electrons. The van der Waals surface area contributed by atoms with Crippen LogP contribution in [0.15, 0.2) is 0 Å². The highest BCUT2D eigenvalue weighted by Crippen LogP contribution is 2.25. The number of nitrogens with one attached hydrogen (secondary N) is 1. The monoisotopic (exact) mass is 279 g/mol.